The number of benzene rings is 1. The molecule has 2 unspecified atom stereocenters. The van der Waals surface area contributed by atoms with Crippen molar-refractivity contribution in [1.29, 1.82) is 0 Å². The molecule has 2 saturated heterocycles. The Morgan fingerprint density at radius 2 is 1.85 bits per heavy atom. The van der Waals surface area contributed by atoms with Crippen molar-refractivity contribution in [2.45, 2.75) is 70.6 Å². The molecule has 8 heteroatoms. The zero-order valence-corrected chi connectivity index (χ0v) is 19.0. The Hall–Kier alpha value is -2.74. The van der Waals surface area contributed by atoms with E-state index in [1.54, 1.807) is 12.1 Å². The molecular weight excluding hydrogens is 423 g/mol. The van der Waals surface area contributed by atoms with Crippen LogP contribution in [0, 0.1) is 18.7 Å². The summed E-state index contributed by atoms with van der Waals surface area (Å²) in [6.07, 6.45) is 5.13. The van der Waals surface area contributed by atoms with Gasteiger partial charge in [-0.3, -0.25) is 19.2 Å². The summed E-state index contributed by atoms with van der Waals surface area (Å²) in [5, 5.41) is 14.2. The highest BCUT2D eigenvalue weighted by molar-refractivity contribution is 5.79. The van der Waals surface area contributed by atoms with Crippen LogP contribution in [0.1, 0.15) is 54.6 Å². The minimum absolute atomic E-state index is 0.110. The Labute approximate surface area is 193 Å². The Morgan fingerprint density at radius 1 is 1.15 bits per heavy atom. The van der Waals surface area contributed by atoms with Crippen LogP contribution < -0.4 is 0 Å². The number of carbonyl (C=O) groups excluding carboxylic acids is 1. The van der Waals surface area contributed by atoms with Crippen molar-refractivity contribution in [3.63, 3.8) is 0 Å². The lowest BCUT2D eigenvalue weighted by Crippen LogP contribution is -2.56. The lowest BCUT2D eigenvalue weighted by Gasteiger charge is -2.48. The molecule has 7 nitrogen and oxygen atoms in total. The molecule has 176 valence electrons. The molecule has 2 aromatic rings. The Bertz CT molecular complexity index is 1040. The van der Waals surface area contributed by atoms with E-state index in [9.17, 15) is 19.1 Å². The van der Waals surface area contributed by atoms with E-state index in [2.05, 4.69) is 4.90 Å². The summed E-state index contributed by atoms with van der Waals surface area (Å²) in [6.45, 7) is 4.12. The number of aromatic nitrogens is 2. The van der Waals surface area contributed by atoms with E-state index in [4.69, 9.17) is 5.10 Å². The summed E-state index contributed by atoms with van der Waals surface area (Å²) in [6, 6.07) is 6.83. The molecule has 0 spiro atoms. The highest BCUT2D eigenvalue weighted by Gasteiger charge is 2.42. The molecule has 5 rings (SSSR count). The summed E-state index contributed by atoms with van der Waals surface area (Å²) >= 11 is 0. The number of nitrogens with zero attached hydrogens (tertiary/aromatic N) is 4. The molecule has 4 heterocycles. The molecule has 1 aromatic heterocycles. The second kappa shape index (κ2) is 8.89. The first-order chi connectivity index (χ1) is 15.9. The molecule has 2 atom stereocenters. The molecule has 0 radical (unpaired) electrons. The number of halogens is 1. The number of hydrogen-bond donors (Lipinski definition) is 1. The number of amides is 1. The summed E-state index contributed by atoms with van der Waals surface area (Å²) in [5.74, 6) is -1.14. The molecule has 2 bridgehead atoms. The summed E-state index contributed by atoms with van der Waals surface area (Å²) in [4.78, 5) is 29.1. The van der Waals surface area contributed by atoms with Gasteiger partial charge in [0.2, 0.25) is 5.91 Å². The van der Waals surface area contributed by atoms with Gasteiger partial charge >= 0.3 is 5.97 Å². The average molecular weight is 455 g/mol. The Kier molecular flexibility index (Phi) is 5.95. The van der Waals surface area contributed by atoms with Gasteiger partial charge in [-0.2, -0.15) is 5.10 Å². The second-order valence-corrected chi connectivity index (χ2v) is 9.78. The van der Waals surface area contributed by atoms with E-state index in [1.807, 2.05) is 16.5 Å². The number of fused-ring (bicyclic) bond motifs is 3. The Morgan fingerprint density at radius 3 is 2.52 bits per heavy atom. The number of aryl methyl sites for hydroxylation is 1. The molecule has 3 aliphatic rings. The predicted octanol–water partition coefficient (Wildman–Crippen LogP) is 2.98. The summed E-state index contributed by atoms with van der Waals surface area (Å²) < 4.78 is 15.2. The molecule has 1 aromatic carbocycles. The lowest BCUT2D eigenvalue weighted by molar-refractivity contribution is -0.147. The highest BCUT2D eigenvalue weighted by Crippen LogP contribution is 2.37. The number of aliphatic carboxylic acids is 1. The van der Waals surface area contributed by atoms with Crippen LogP contribution >= 0.6 is 0 Å². The first kappa shape index (κ1) is 22.1. The maximum atomic E-state index is 13.3. The fourth-order valence-corrected chi connectivity index (χ4v) is 5.98. The smallest absolute Gasteiger partial charge is 0.306 e. The van der Waals surface area contributed by atoms with Crippen LogP contribution in [-0.2, 0) is 29.1 Å². The number of carboxylic acids is 1. The molecular formula is C25H31FN4O3. The van der Waals surface area contributed by atoms with Gasteiger partial charge in [0.15, 0.2) is 0 Å². The van der Waals surface area contributed by atoms with Crippen molar-refractivity contribution < 1.29 is 19.1 Å². The zero-order valence-electron chi connectivity index (χ0n) is 19.0. The molecule has 2 fully saturated rings. The first-order valence-corrected chi connectivity index (χ1v) is 11.9. The van der Waals surface area contributed by atoms with Crippen LogP contribution in [0.15, 0.2) is 24.3 Å². The van der Waals surface area contributed by atoms with Gasteiger partial charge in [-0.1, -0.05) is 18.6 Å². The molecule has 33 heavy (non-hydrogen) atoms. The van der Waals surface area contributed by atoms with Gasteiger partial charge in [-0.15, -0.1) is 0 Å². The maximum absolute atomic E-state index is 13.3. The number of rotatable bonds is 5. The minimum Gasteiger partial charge on any atom is -0.481 e. The van der Waals surface area contributed by atoms with Crippen LogP contribution in [0.5, 0.6) is 0 Å². The van der Waals surface area contributed by atoms with Gasteiger partial charge in [-0.25, -0.2) is 4.39 Å². The third kappa shape index (κ3) is 4.40. The van der Waals surface area contributed by atoms with Gasteiger partial charge in [0.25, 0.3) is 0 Å². The predicted molar refractivity (Wildman–Crippen MR) is 120 cm³/mol. The number of piperidine rings is 2. The van der Waals surface area contributed by atoms with Crippen molar-refractivity contribution in [2.24, 2.45) is 5.92 Å². The number of hydrogen-bond acceptors (Lipinski definition) is 4. The van der Waals surface area contributed by atoms with E-state index in [-0.39, 0.29) is 29.7 Å². The van der Waals surface area contributed by atoms with Crippen LogP contribution in [0.2, 0.25) is 0 Å². The normalized spacial score (nSPS) is 25.0. The van der Waals surface area contributed by atoms with Crippen LogP contribution in [0.3, 0.4) is 0 Å². The third-order valence-corrected chi connectivity index (χ3v) is 7.73. The van der Waals surface area contributed by atoms with Crippen molar-refractivity contribution >= 4 is 11.9 Å². The molecule has 1 amide bonds. The Balaban J connectivity index is 1.28. The topological polar surface area (TPSA) is 78.7 Å². The van der Waals surface area contributed by atoms with Crippen molar-refractivity contribution in [3.8, 4) is 0 Å². The summed E-state index contributed by atoms with van der Waals surface area (Å²) in [7, 11) is 0. The zero-order chi connectivity index (χ0) is 23.1. The SMILES string of the molecule is Cc1nn(Cc2ccc(F)cc2)c2c1CCN(C(=O)CN1C3CCCC1CC(C(=O)O)C3)C2. The molecule has 3 aliphatic heterocycles. The summed E-state index contributed by atoms with van der Waals surface area (Å²) in [5.41, 5.74) is 4.23. The van der Waals surface area contributed by atoms with Crippen LogP contribution in [-0.4, -0.2) is 61.7 Å². The van der Waals surface area contributed by atoms with E-state index in [0.29, 0.717) is 39.0 Å². The lowest BCUT2D eigenvalue weighted by atomic mass is 9.78. The van der Waals surface area contributed by atoms with E-state index >= 15 is 0 Å². The fourth-order valence-electron chi connectivity index (χ4n) is 5.98. The second-order valence-electron chi connectivity index (χ2n) is 9.78. The number of carboxylic acid groups (broad SMARTS) is 1. The first-order valence-electron chi connectivity index (χ1n) is 11.9. The monoisotopic (exact) mass is 454 g/mol. The third-order valence-electron chi connectivity index (χ3n) is 7.73. The standard InChI is InChI=1S/C25H31FN4O3/c1-16-22-9-10-28(14-23(22)30(27-16)13-17-5-7-19(26)8-6-17)24(31)15-29-20-3-2-4-21(29)12-18(11-20)25(32)33/h5-8,18,20-21H,2-4,9-15H2,1H3,(H,32,33). The van der Waals surface area contributed by atoms with Crippen LogP contribution in [0.25, 0.3) is 0 Å². The fraction of sp³-hybridized carbons (Fsp3) is 0.560. The van der Waals surface area contributed by atoms with Crippen molar-refractivity contribution in [2.75, 3.05) is 13.1 Å². The number of carbonyl (C=O) groups is 2. The highest BCUT2D eigenvalue weighted by atomic mass is 19.1. The van der Waals surface area contributed by atoms with Gasteiger partial charge in [0, 0.05) is 18.6 Å². The average Bonchev–Trinajstić information content (AvgIpc) is 3.09. The molecule has 0 saturated carbocycles. The van der Waals surface area contributed by atoms with Gasteiger partial charge < -0.3 is 10.0 Å². The molecule has 0 aliphatic carbocycles. The van der Waals surface area contributed by atoms with Crippen molar-refractivity contribution in [1.82, 2.24) is 19.6 Å². The van der Waals surface area contributed by atoms with E-state index in [1.165, 1.54) is 17.7 Å². The van der Waals surface area contributed by atoms with Gasteiger partial charge in [-0.05, 0) is 62.3 Å². The van der Waals surface area contributed by atoms with Gasteiger partial charge in [0.1, 0.15) is 5.82 Å². The van der Waals surface area contributed by atoms with E-state index < -0.39 is 5.97 Å². The maximum Gasteiger partial charge on any atom is 0.306 e. The van der Waals surface area contributed by atoms with Crippen molar-refractivity contribution in [3.05, 3.63) is 52.6 Å². The van der Waals surface area contributed by atoms with Gasteiger partial charge in [0.05, 0.1) is 36.9 Å². The van der Waals surface area contributed by atoms with E-state index in [0.717, 1.165) is 42.6 Å². The van der Waals surface area contributed by atoms with Crippen LogP contribution in [0.4, 0.5) is 4.39 Å². The largest absolute Gasteiger partial charge is 0.481 e. The minimum atomic E-state index is -0.703. The quantitative estimate of drug-likeness (QED) is 0.752. The molecule has 1 N–H and O–H groups in total.